The van der Waals surface area contributed by atoms with Crippen LogP contribution in [-0.4, -0.2) is 6.18 Å². The van der Waals surface area contributed by atoms with Gasteiger partial charge in [-0.3, -0.25) is 4.24 Å². The molecule has 0 aliphatic carbocycles. The van der Waals surface area contributed by atoms with E-state index < -0.39 is 11.6 Å². The molecule has 0 N–H and O–H groups in total. The van der Waals surface area contributed by atoms with Crippen LogP contribution in [0.15, 0.2) is 79.0 Å². The Morgan fingerprint density at radius 2 is 1.52 bits per heavy atom. The first-order valence-electron chi connectivity index (χ1n) is 14.5. The summed E-state index contributed by atoms with van der Waals surface area (Å²) >= 11 is 0. The maximum Gasteiger partial charge on any atom is 0.394 e. The first-order valence-corrected chi connectivity index (χ1v) is 14.5. The van der Waals surface area contributed by atoms with E-state index in [9.17, 15) is 13.2 Å². The lowest BCUT2D eigenvalue weighted by atomic mass is 9.83. The van der Waals surface area contributed by atoms with Crippen molar-refractivity contribution in [1.29, 1.82) is 0 Å². The Morgan fingerprint density at radius 3 is 2.21 bits per heavy atom. The summed E-state index contributed by atoms with van der Waals surface area (Å²) in [7, 11) is 0. The lowest BCUT2D eigenvalue weighted by Crippen LogP contribution is -2.34. The van der Waals surface area contributed by atoms with Gasteiger partial charge in [0, 0.05) is 10.8 Å². The number of aryl methyl sites for hydroxylation is 1. The molecule has 4 aromatic carbocycles. The third kappa shape index (κ3) is 3.58. The molecule has 42 heavy (non-hydrogen) atoms. The Hall–Kier alpha value is -4.25. The Bertz CT molecular complexity index is 2240. The average Bonchev–Trinajstić information content (AvgIpc) is 3.45. The van der Waals surface area contributed by atoms with Crippen molar-refractivity contribution in [3.8, 4) is 11.3 Å². The number of hydrogen-bond acceptors (Lipinski definition) is 0. The maximum absolute atomic E-state index is 14.1. The van der Waals surface area contributed by atoms with Gasteiger partial charge in [-0.25, -0.2) is 4.40 Å². The monoisotopic (exact) mass is 562 g/mol. The normalized spacial score (nSPS) is 13.2. The van der Waals surface area contributed by atoms with Gasteiger partial charge in [0.05, 0.1) is 18.3 Å². The number of halogens is 3. The van der Waals surface area contributed by atoms with E-state index in [1.165, 1.54) is 35.7 Å². The smallest absolute Gasteiger partial charge is 0.266 e. The van der Waals surface area contributed by atoms with Gasteiger partial charge in [-0.05, 0) is 40.1 Å². The van der Waals surface area contributed by atoms with Gasteiger partial charge >= 0.3 is 6.18 Å². The van der Waals surface area contributed by atoms with Gasteiger partial charge in [-0.1, -0.05) is 112 Å². The van der Waals surface area contributed by atoms with Crippen LogP contribution in [0.3, 0.4) is 0 Å². The topological polar surface area (TPSA) is 10.0 Å². The van der Waals surface area contributed by atoms with Crippen molar-refractivity contribution >= 4 is 48.9 Å². The summed E-state index contributed by atoms with van der Waals surface area (Å²) in [5, 5.41) is 6.44. The van der Waals surface area contributed by atoms with Gasteiger partial charge in [0.25, 0.3) is 0 Å². The molecule has 0 aliphatic heterocycles. The standard InChI is InChI=1S/C37H33F3N2/c1-21(2)29-19-30(22(3)24-11-7-8-12-25(24)29)34-35-27(17-18-41(34)6)26-16-15-23(20-36(4,5)37(38,39)40)32-28-13-9-10-14-31(28)42(35)33(26)32/h7-19,21H,6,20H2,1-5H3. The van der Waals surface area contributed by atoms with Gasteiger partial charge < -0.3 is 0 Å². The molecule has 0 atom stereocenters. The lowest BCUT2D eigenvalue weighted by molar-refractivity contribution is -0.497. The minimum Gasteiger partial charge on any atom is -0.266 e. The zero-order valence-corrected chi connectivity index (χ0v) is 24.5. The molecule has 0 unspecified atom stereocenters. The highest BCUT2D eigenvalue weighted by Gasteiger charge is 2.47. The van der Waals surface area contributed by atoms with Crippen molar-refractivity contribution < 1.29 is 21.8 Å². The zero-order chi connectivity index (χ0) is 29.7. The maximum atomic E-state index is 14.1. The van der Waals surface area contributed by atoms with Crippen LogP contribution >= 0.6 is 0 Å². The fraction of sp³-hybridized carbons (Fsp3) is 0.243. The van der Waals surface area contributed by atoms with Crippen LogP contribution < -0.4 is 8.64 Å². The molecule has 0 saturated heterocycles. The average molecular weight is 563 g/mol. The molecule has 0 saturated carbocycles. The predicted molar refractivity (Wildman–Crippen MR) is 165 cm³/mol. The molecule has 0 amide bonds. The SMILES string of the molecule is C=[n+]1ccc2c3ccc(CC(C)(C)C(F)(F)F)c4c5ccccc5[n+](c34)[c-]2[c-]1-c1cc(C(C)C)c2ccccc2c1C. The van der Waals surface area contributed by atoms with Crippen molar-refractivity contribution in [3.05, 3.63) is 102 Å². The molecule has 0 fully saturated rings. The summed E-state index contributed by atoms with van der Waals surface area (Å²) in [5.41, 5.74) is 6.39. The van der Waals surface area contributed by atoms with Gasteiger partial charge in [0.15, 0.2) is 16.7 Å². The second-order valence-electron chi connectivity index (χ2n) is 12.6. The molecule has 7 rings (SSSR count). The second kappa shape index (κ2) is 8.87. The minimum absolute atomic E-state index is 0.0959. The van der Waals surface area contributed by atoms with Crippen LogP contribution in [0.1, 0.15) is 50.3 Å². The van der Waals surface area contributed by atoms with Gasteiger partial charge in [0.2, 0.25) is 0 Å². The summed E-state index contributed by atoms with van der Waals surface area (Å²) in [6.45, 7) is 13.6. The second-order valence-corrected chi connectivity index (χ2v) is 12.6. The number of nitrogens with zero attached hydrogens (tertiary/aromatic N) is 2. The third-order valence-corrected chi connectivity index (χ3v) is 9.23. The van der Waals surface area contributed by atoms with E-state index in [0.717, 1.165) is 49.4 Å². The molecule has 5 heteroatoms. The van der Waals surface area contributed by atoms with Crippen molar-refractivity contribution in [2.75, 3.05) is 0 Å². The fourth-order valence-electron chi connectivity index (χ4n) is 6.92. The Balaban J connectivity index is 1.66. The summed E-state index contributed by atoms with van der Waals surface area (Å²) < 4.78 is 46.4. The van der Waals surface area contributed by atoms with Crippen molar-refractivity contribution in [1.82, 2.24) is 0 Å². The summed E-state index contributed by atoms with van der Waals surface area (Å²) in [6, 6.07) is 24.9. The van der Waals surface area contributed by atoms with E-state index in [2.05, 4.69) is 74.4 Å². The van der Waals surface area contributed by atoms with Gasteiger partial charge in [-0.2, -0.15) is 13.2 Å². The number of benzene rings is 4. The van der Waals surface area contributed by atoms with Crippen molar-refractivity contribution in [2.45, 2.75) is 53.1 Å². The van der Waals surface area contributed by atoms with Crippen molar-refractivity contribution in [2.24, 2.45) is 5.41 Å². The van der Waals surface area contributed by atoms with Crippen LogP contribution in [0, 0.1) is 19.1 Å². The minimum atomic E-state index is -4.31. The van der Waals surface area contributed by atoms with Crippen LogP contribution in [-0.2, 0) is 6.42 Å². The highest BCUT2D eigenvalue weighted by atomic mass is 19.4. The van der Waals surface area contributed by atoms with Crippen LogP contribution in [0.25, 0.3) is 60.1 Å². The highest BCUT2D eigenvalue weighted by molar-refractivity contribution is 6.20. The number of alkyl halides is 3. The quantitative estimate of drug-likeness (QED) is 0.149. The number of rotatable bonds is 4. The van der Waals surface area contributed by atoms with E-state index in [1.54, 1.807) is 0 Å². The molecule has 7 aromatic rings. The van der Waals surface area contributed by atoms with E-state index in [0.29, 0.717) is 11.5 Å². The molecule has 0 aliphatic rings. The van der Waals surface area contributed by atoms with E-state index >= 15 is 0 Å². The summed E-state index contributed by atoms with van der Waals surface area (Å²) in [5.74, 6) is 0.320. The highest BCUT2D eigenvalue weighted by Crippen LogP contribution is 2.45. The molecule has 3 heterocycles. The summed E-state index contributed by atoms with van der Waals surface area (Å²) in [6.07, 6.45) is -2.41. The predicted octanol–water partition coefficient (Wildman–Crippen LogP) is 9.35. The largest absolute Gasteiger partial charge is 0.394 e. The lowest BCUT2D eigenvalue weighted by Gasteiger charge is -2.28. The van der Waals surface area contributed by atoms with Gasteiger partial charge in [-0.15, -0.1) is 11.6 Å². The Morgan fingerprint density at radius 1 is 0.857 bits per heavy atom. The van der Waals surface area contributed by atoms with E-state index in [-0.39, 0.29) is 6.42 Å². The number of hydrogen-bond donors (Lipinski definition) is 0. The van der Waals surface area contributed by atoms with Crippen molar-refractivity contribution in [3.63, 3.8) is 0 Å². The number of fused-ring (bicyclic) bond motifs is 7. The summed E-state index contributed by atoms with van der Waals surface area (Å²) in [4.78, 5) is 0. The first kappa shape index (κ1) is 26.6. The first-order chi connectivity index (χ1) is 19.9. The molecule has 0 spiro atoms. The molecule has 212 valence electrons. The van der Waals surface area contributed by atoms with E-state index in [4.69, 9.17) is 0 Å². The molecular weight excluding hydrogens is 529 g/mol. The molecule has 0 radical (unpaired) electrons. The van der Waals surface area contributed by atoms with Crippen LogP contribution in [0.2, 0.25) is 0 Å². The molecule has 3 aromatic heterocycles. The number of para-hydroxylation sites is 1. The number of aromatic nitrogens is 2. The van der Waals surface area contributed by atoms with E-state index in [1.807, 2.05) is 40.8 Å². The zero-order valence-electron chi connectivity index (χ0n) is 24.5. The Labute approximate surface area is 242 Å². The Kier molecular flexibility index (Phi) is 5.63. The molecule has 0 bridgehead atoms. The van der Waals surface area contributed by atoms with Gasteiger partial charge in [0.1, 0.15) is 5.52 Å². The molecule has 2 nitrogen and oxygen atoms in total. The number of pyridine rings is 1. The third-order valence-electron chi connectivity index (χ3n) is 9.23. The van der Waals surface area contributed by atoms with Crippen LogP contribution in [0.5, 0.6) is 0 Å². The molecular formula is C37H33F3N2. The fourth-order valence-corrected chi connectivity index (χ4v) is 6.92. The van der Waals surface area contributed by atoms with Crippen LogP contribution in [0.4, 0.5) is 13.2 Å².